The number of nitrogens with zero attached hydrogens (tertiary/aromatic N) is 5. The molecule has 2 heterocycles. The molecule has 150 valence electrons. The van der Waals surface area contributed by atoms with Gasteiger partial charge in [-0.05, 0) is 18.6 Å². The number of carbonyl (C=O) groups is 1. The number of aromatic nitrogens is 2. The van der Waals surface area contributed by atoms with E-state index in [0.29, 0.717) is 18.8 Å². The first-order valence-corrected chi connectivity index (χ1v) is 9.84. The van der Waals surface area contributed by atoms with Crippen molar-refractivity contribution in [3.8, 4) is 5.75 Å². The lowest BCUT2D eigenvalue weighted by Gasteiger charge is -2.36. The zero-order valence-electron chi connectivity index (χ0n) is 17.0. The highest BCUT2D eigenvalue weighted by atomic mass is 16.5. The molecule has 28 heavy (non-hydrogen) atoms. The Labute approximate surface area is 166 Å². The van der Waals surface area contributed by atoms with Gasteiger partial charge < -0.3 is 19.4 Å². The second-order valence-corrected chi connectivity index (χ2v) is 6.99. The van der Waals surface area contributed by atoms with Gasteiger partial charge in [-0.1, -0.05) is 25.5 Å². The van der Waals surface area contributed by atoms with E-state index in [9.17, 15) is 4.79 Å². The van der Waals surface area contributed by atoms with E-state index < -0.39 is 0 Å². The van der Waals surface area contributed by atoms with E-state index in [1.807, 2.05) is 30.1 Å². The van der Waals surface area contributed by atoms with Crippen LogP contribution in [0.25, 0.3) is 0 Å². The highest BCUT2D eigenvalue weighted by Gasteiger charge is 2.24. The van der Waals surface area contributed by atoms with E-state index in [1.165, 1.54) is 6.33 Å². The molecular formula is C21H29N5O2. The maximum absolute atomic E-state index is 12.9. The number of anilines is 2. The first kappa shape index (κ1) is 19.9. The number of ether oxygens (including phenoxy) is 1. The van der Waals surface area contributed by atoms with Gasteiger partial charge in [-0.25, -0.2) is 9.97 Å². The van der Waals surface area contributed by atoms with Gasteiger partial charge in [0, 0.05) is 45.8 Å². The monoisotopic (exact) mass is 383 g/mol. The number of rotatable bonds is 7. The van der Waals surface area contributed by atoms with Gasteiger partial charge in [-0.3, -0.25) is 4.79 Å². The number of amides is 1. The molecule has 0 bridgehead atoms. The molecule has 7 heteroatoms. The van der Waals surface area contributed by atoms with Gasteiger partial charge in [0.2, 0.25) is 0 Å². The van der Waals surface area contributed by atoms with Crippen LogP contribution in [0.3, 0.4) is 0 Å². The first-order chi connectivity index (χ1) is 13.6. The van der Waals surface area contributed by atoms with Gasteiger partial charge in [0.15, 0.2) is 0 Å². The van der Waals surface area contributed by atoms with E-state index in [4.69, 9.17) is 4.74 Å². The molecule has 1 aliphatic rings. The van der Waals surface area contributed by atoms with E-state index >= 15 is 0 Å². The van der Waals surface area contributed by atoms with E-state index in [-0.39, 0.29) is 5.91 Å². The smallest absolute Gasteiger partial charge is 0.272 e. The topological polar surface area (TPSA) is 61.8 Å². The minimum Gasteiger partial charge on any atom is -0.495 e. The second kappa shape index (κ2) is 9.39. The second-order valence-electron chi connectivity index (χ2n) is 6.99. The van der Waals surface area contributed by atoms with E-state index in [1.54, 1.807) is 13.2 Å². The predicted molar refractivity (Wildman–Crippen MR) is 111 cm³/mol. The van der Waals surface area contributed by atoms with Crippen LogP contribution < -0.4 is 14.5 Å². The number of benzene rings is 1. The molecule has 1 fully saturated rings. The molecule has 0 unspecified atom stereocenters. The number of unbranched alkanes of at least 4 members (excludes halogenated alkanes) is 1. The van der Waals surface area contributed by atoms with Gasteiger partial charge in [0.05, 0.1) is 12.8 Å². The fourth-order valence-electron chi connectivity index (χ4n) is 3.39. The molecule has 1 saturated heterocycles. The van der Waals surface area contributed by atoms with Crippen molar-refractivity contribution in [3.05, 3.63) is 42.4 Å². The SMILES string of the molecule is CCCCN(C)c1cc(C(=O)N2CCN(c3ccccc3OC)CC2)ncn1. The quantitative estimate of drug-likeness (QED) is 0.733. The Bertz CT molecular complexity index is 790. The molecule has 0 radical (unpaired) electrons. The van der Waals surface area contributed by atoms with Crippen LogP contribution in [-0.2, 0) is 0 Å². The fraction of sp³-hybridized carbons (Fsp3) is 0.476. The molecule has 0 saturated carbocycles. The average Bonchev–Trinajstić information content (AvgIpc) is 2.77. The van der Waals surface area contributed by atoms with Crippen molar-refractivity contribution < 1.29 is 9.53 Å². The maximum Gasteiger partial charge on any atom is 0.272 e. The highest BCUT2D eigenvalue weighted by Crippen LogP contribution is 2.28. The van der Waals surface area contributed by atoms with E-state index in [2.05, 4.69) is 32.8 Å². The molecule has 0 N–H and O–H groups in total. The molecule has 0 atom stereocenters. The van der Waals surface area contributed by atoms with Gasteiger partial charge >= 0.3 is 0 Å². The van der Waals surface area contributed by atoms with Crippen LogP contribution in [0.1, 0.15) is 30.3 Å². The summed E-state index contributed by atoms with van der Waals surface area (Å²) in [5.41, 5.74) is 1.53. The lowest BCUT2D eigenvalue weighted by atomic mass is 10.2. The van der Waals surface area contributed by atoms with Gasteiger partial charge in [-0.15, -0.1) is 0 Å². The standard InChI is InChI=1S/C21H29N5O2/c1-4-5-10-24(2)20-15-17(22-16-23-20)21(27)26-13-11-25(12-14-26)18-8-6-7-9-19(18)28-3/h6-9,15-16H,4-5,10-14H2,1-3H3. The van der Waals surface area contributed by atoms with Crippen molar-refractivity contribution in [2.75, 3.05) is 56.7 Å². The van der Waals surface area contributed by atoms with Crippen molar-refractivity contribution in [2.45, 2.75) is 19.8 Å². The number of piperazine rings is 1. The van der Waals surface area contributed by atoms with Gasteiger partial charge in [-0.2, -0.15) is 0 Å². The summed E-state index contributed by atoms with van der Waals surface area (Å²) in [6.07, 6.45) is 3.70. The summed E-state index contributed by atoms with van der Waals surface area (Å²) in [6, 6.07) is 9.78. The van der Waals surface area contributed by atoms with Crippen LogP contribution in [0.4, 0.5) is 11.5 Å². The Morgan fingerprint density at radius 1 is 1.18 bits per heavy atom. The summed E-state index contributed by atoms with van der Waals surface area (Å²) in [7, 11) is 3.68. The summed E-state index contributed by atoms with van der Waals surface area (Å²) in [5.74, 6) is 1.62. The lowest BCUT2D eigenvalue weighted by Crippen LogP contribution is -2.49. The van der Waals surface area contributed by atoms with Crippen LogP contribution in [0.15, 0.2) is 36.7 Å². The summed E-state index contributed by atoms with van der Waals surface area (Å²) in [5, 5.41) is 0. The van der Waals surface area contributed by atoms with Crippen LogP contribution in [0, 0.1) is 0 Å². The third-order valence-corrected chi connectivity index (χ3v) is 5.10. The van der Waals surface area contributed by atoms with Gasteiger partial charge in [0.1, 0.15) is 23.6 Å². The Balaban J connectivity index is 1.64. The third kappa shape index (κ3) is 4.52. The largest absolute Gasteiger partial charge is 0.495 e. The van der Waals surface area contributed by atoms with Crippen LogP contribution >= 0.6 is 0 Å². The molecule has 1 aromatic heterocycles. The van der Waals surface area contributed by atoms with Crippen molar-refractivity contribution in [2.24, 2.45) is 0 Å². The summed E-state index contributed by atoms with van der Waals surface area (Å²) < 4.78 is 5.46. The van der Waals surface area contributed by atoms with Crippen LogP contribution in [0.2, 0.25) is 0 Å². The van der Waals surface area contributed by atoms with Crippen molar-refractivity contribution >= 4 is 17.4 Å². The van der Waals surface area contributed by atoms with Gasteiger partial charge in [0.25, 0.3) is 5.91 Å². The molecule has 7 nitrogen and oxygen atoms in total. The van der Waals surface area contributed by atoms with Crippen molar-refractivity contribution in [3.63, 3.8) is 0 Å². The molecular weight excluding hydrogens is 354 g/mol. The van der Waals surface area contributed by atoms with Crippen LogP contribution in [-0.4, -0.2) is 67.7 Å². The predicted octanol–water partition coefficient (Wildman–Crippen LogP) is 2.68. The summed E-state index contributed by atoms with van der Waals surface area (Å²) in [4.78, 5) is 27.7. The number of methoxy groups -OCH3 is 1. The minimum atomic E-state index is -0.0350. The maximum atomic E-state index is 12.9. The molecule has 1 aromatic carbocycles. The Morgan fingerprint density at radius 2 is 1.93 bits per heavy atom. The summed E-state index contributed by atoms with van der Waals surface area (Å²) >= 11 is 0. The zero-order valence-corrected chi connectivity index (χ0v) is 17.0. The van der Waals surface area contributed by atoms with Crippen LogP contribution in [0.5, 0.6) is 5.75 Å². The van der Waals surface area contributed by atoms with E-state index in [0.717, 1.165) is 49.7 Å². The normalized spacial score (nSPS) is 14.1. The average molecular weight is 383 g/mol. The Kier molecular flexibility index (Phi) is 6.68. The molecule has 1 aliphatic heterocycles. The minimum absolute atomic E-state index is 0.0350. The third-order valence-electron chi connectivity index (χ3n) is 5.10. The number of hydrogen-bond acceptors (Lipinski definition) is 6. The first-order valence-electron chi connectivity index (χ1n) is 9.84. The molecule has 0 aliphatic carbocycles. The number of hydrogen-bond donors (Lipinski definition) is 0. The molecule has 3 rings (SSSR count). The van der Waals surface area contributed by atoms with Crippen molar-refractivity contribution in [1.29, 1.82) is 0 Å². The molecule has 1 amide bonds. The highest BCUT2D eigenvalue weighted by molar-refractivity contribution is 5.93. The van der Waals surface area contributed by atoms with Crippen molar-refractivity contribution in [1.82, 2.24) is 14.9 Å². The molecule has 0 spiro atoms. The lowest BCUT2D eigenvalue weighted by molar-refractivity contribution is 0.0740. The zero-order chi connectivity index (χ0) is 19.9. The summed E-state index contributed by atoms with van der Waals surface area (Å²) in [6.45, 7) is 5.91. The number of para-hydroxylation sites is 2. The Morgan fingerprint density at radius 3 is 2.64 bits per heavy atom. The fourth-order valence-corrected chi connectivity index (χ4v) is 3.39. The number of carbonyl (C=O) groups excluding carboxylic acids is 1. The molecule has 2 aromatic rings. The Hall–Kier alpha value is -2.83.